The van der Waals surface area contributed by atoms with Crippen molar-refractivity contribution in [2.45, 2.75) is 12.8 Å². The van der Waals surface area contributed by atoms with E-state index in [9.17, 15) is 9.90 Å². The molecule has 0 radical (unpaired) electrons. The maximum atomic E-state index is 11.6. The smallest absolute Gasteiger partial charge is 0.240 e. The predicted molar refractivity (Wildman–Crippen MR) is 93.0 cm³/mol. The first-order chi connectivity index (χ1) is 11.1. The number of phenols is 1. The van der Waals surface area contributed by atoms with Crippen LogP contribution in [0.25, 0.3) is 0 Å². The van der Waals surface area contributed by atoms with Crippen molar-refractivity contribution in [1.29, 1.82) is 0 Å². The molecule has 0 bridgehead atoms. The highest BCUT2D eigenvalue weighted by molar-refractivity contribution is 6.30. The maximum Gasteiger partial charge on any atom is 0.240 e. The number of carbonyl (C=O) groups excluding carboxylic acids is 1. The van der Waals surface area contributed by atoms with Crippen molar-refractivity contribution >= 4 is 29.4 Å². The molecule has 0 aliphatic carbocycles. The average molecular weight is 332 g/mol. The zero-order chi connectivity index (χ0) is 16.5. The van der Waals surface area contributed by atoms with Crippen LogP contribution in [0.3, 0.4) is 0 Å². The van der Waals surface area contributed by atoms with Gasteiger partial charge >= 0.3 is 0 Å². The lowest BCUT2D eigenvalue weighted by Gasteiger charge is -2.05. The number of phenolic OH excluding ortho intramolecular Hbond substituents is 1. The van der Waals surface area contributed by atoms with E-state index in [0.717, 1.165) is 11.3 Å². The van der Waals surface area contributed by atoms with Crippen LogP contribution in [0.1, 0.15) is 18.4 Å². The van der Waals surface area contributed by atoms with Gasteiger partial charge in [-0.25, -0.2) is 5.43 Å². The fourth-order valence-corrected chi connectivity index (χ4v) is 2.02. The van der Waals surface area contributed by atoms with E-state index in [1.807, 2.05) is 24.3 Å². The number of nitrogens with zero attached hydrogens (tertiary/aromatic N) is 1. The summed E-state index contributed by atoms with van der Waals surface area (Å²) in [5, 5.41) is 17.1. The standard InChI is InChI=1S/C17H18ClN3O2/c18-14-6-8-15(9-7-14)19-10-2-5-17(23)21-20-12-13-3-1-4-16(22)11-13/h1,3-4,6-9,11-12,19,22H,2,5,10H2,(H,21,23)/b20-12+. The minimum atomic E-state index is -0.153. The highest BCUT2D eigenvalue weighted by Crippen LogP contribution is 2.13. The second-order valence-electron chi connectivity index (χ2n) is 4.93. The second kappa shape index (κ2) is 8.80. The third kappa shape index (κ3) is 6.40. The predicted octanol–water partition coefficient (Wildman–Crippen LogP) is 3.39. The Bertz CT molecular complexity index is 672. The quantitative estimate of drug-likeness (QED) is 0.413. The van der Waals surface area contributed by atoms with Gasteiger partial charge in [0.2, 0.25) is 5.91 Å². The van der Waals surface area contributed by atoms with E-state index in [-0.39, 0.29) is 11.7 Å². The fraction of sp³-hybridized carbons (Fsp3) is 0.176. The van der Waals surface area contributed by atoms with E-state index >= 15 is 0 Å². The molecule has 0 heterocycles. The van der Waals surface area contributed by atoms with Gasteiger partial charge in [0.05, 0.1) is 6.21 Å². The summed E-state index contributed by atoms with van der Waals surface area (Å²) in [5.74, 6) is 0.00728. The molecule has 23 heavy (non-hydrogen) atoms. The van der Waals surface area contributed by atoms with Gasteiger partial charge < -0.3 is 10.4 Å². The van der Waals surface area contributed by atoms with Crippen LogP contribution in [0.4, 0.5) is 5.69 Å². The Kier molecular flexibility index (Phi) is 6.44. The van der Waals surface area contributed by atoms with E-state index in [4.69, 9.17) is 11.6 Å². The van der Waals surface area contributed by atoms with Gasteiger partial charge in [0.25, 0.3) is 0 Å². The SMILES string of the molecule is O=C(CCCNc1ccc(Cl)cc1)N/N=C/c1cccc(O)c1. The molecule has 2 rings (SSSR count). The topological polar surface area (TPSA) is 73.7 Å². The first-order valence-electron chi connectivity index (χ1n) is 7.24. The molecular formula is C17H18ClN3O2. The van der Waals surface area contributed by atoms with Gasteiger partial charge in [0.1, 0.15) is 5.75 Å². The first kappa shape index (κ1) is 16.8. The summed E-state index contributed by atoms with van der Waals surface area (Å²) in [6.07, 6.45) is 2.55. The minimum Gasteiger partial charge on any atom is -0.508 e. The zero-order valence-corrected chi connectivity index (χ0v) is 13.3. The summed E-state index contributed by atoms with van der Waals surface area (Å²) < 4.78 is 0. The van der Waals surface area contributed by atoms with Gasteiger partial charge in [0.15, 0.2) is 0 Å². The third-order valence-corrected chi connectivity index (χ3v) is 3.28. The number of hydrogen-bond acceptors (Lipinski definition) is 4. The van der Waals surface area contributed by atoms with Crippen LogP contribution in [0.2, 0.25) is 5.02 Å². The monoisotopic (exact) mass is 331 g/mol. The van der Waals surface area contributed by atoms with Crippen LogP contribution < -0.4 is 10.7 Å². The summed E-state index contributed by atoms with van der Waals surface area (Å²) >= 11 is 5.81. The fourth-order valence-electron chi connectivity index (χ4n) is 1.89. The van der Waals surface area contributed by atoms with Gasteiger partial charge in [-0.3, -0.25) is 4.79 Å². The van der Waals surface area contributed by atoms with Gasteiger partial charge in [-0.15, -0.1) is 0 Å². The molecule has 0 atom stereocenters. The number of nitrogens with one attached hydrogen (secondary N) is 2. The number of hydrazone groups is 1. The Hall–Kier alpha value is -2.53. The third-order valence-electron chi connectivity index (χ3n) is 3.03. The first-order valence-corrected chi connectivity index (χ1v) is 7.61. The number of benzene rings is 2. The number of aromatic hydroxyl groups is 1. The molecule has 0 spiro atoms. The van der Waals surface area contributed by atoms with Gasteiger partial charge in [-0.05, 0) is 48.4 Å². The molecule has 0 aliphatic rings. The molecule has 0 aromatic heterocycles. The van der Waals surface area contributed by atoms with Crippen molar-refractivity contribution in [3.05, 3.63) is 59.1 Å². The van der Waals surface area contributed by atoms with Crippen molar-refractivity contribution in [2.24, 2.45) is 5.10 Å². The van der Waals surface area contributed by atoms with Crippen LogP contribution >= 0.6 is 11.6 Å². The van der Waals surface area contributed by atoms with E-state index in [1.165, 1.54) is 6.21 Å². The lowest BCUT2D eigenvalue weighted by atomic mass is 10.2. The normalized spacial score (nSPS) is 10.7. The Balaban J connectivity index is 1.64. The Morgan fingerprint density at radius 3 is 2.74 bits per heavy atom. The molecule has 1 amide bonds. The van der Waals surface area contributed by atoms with Crippen LogP contribution in [-0.4, -0.2) is 23.8 Å². The average Bonchev–Trinajstić information content (AvgIpc) is 2.53. The number of rotatable bonds is 7. The van der Waals surface area contributed by atoms with E-state index in [0.29, 0.717) is 24.4 Å². The zero-order valence-electron chi connectivity index (χ0n) is 12.5. The van der Waals surface area contributed by atoms with Crippen LogP contribution in [-0.2, 0) is 4.79 Å². The molecule has 2 aromatic rings. The van der Waals surface area contributed by atoms with E-state index in [2.05, 4.69) is 15.8 Å². The van der Waals surface area contributed by atoms with Gasteiger partial charge in [-0.1, -0.05) is 23.7 Å². The molecule has 0 aliphatic heterocycles. The Morgan fingerprint density at radius 1 is 1.22 bits per heavy atom. The molecule has 2 aromatic carbocycles. The number of amides is 1. The van der Waals surface area contributed by atoms with Crippen LogP contribution in [0.15, 0.2) is 53.6 Å². The number of halogens is 1. The highest BCUT2D eigenvalue weighted by Gasteiger charge is 1.99. The second-order valence-corrected chi connectivity index (χ2v) is 5.36. The largest absolute Gasteiger partial charge is 0.508 e. The Morgan fingerprint density at radius 2 is 2.00 bits per heavy atom. The Labute approximate surface area is 140 Å². The van der Waals surface area contributed by atoms with E-state index < -0.39 is 0 Å². The van der Waals surface area contributed by atoms with Crippen LogP contribution in [0.5, 0.6) is 5.75 Å². The molecular weight excluding hydrogens is 314 g/mol. The van der Waals surface area contributed by atoms with Crippen LogP contribution in [0, 0.1) is 0 Å². The summed E-state index contributed by atoms with van der Waals surface area (Å²) in [7, 11) is 0. The summed E-state index contributed by atoms with van der Waals surface area (Å²) in [5.41, 5.74) is 4.15. The minimum absolute atomic E-state index is 0.153. The lowest BCUT2D eigenvalue weighted by Crippen LogP contribution is -2.18. The van der Waals surface area contributed by atoms with Gasteiger partial charge in [0, 0.05) is 23.7 Å². The maximum absolute atomic E-state index is 11.6. The molecule has 0 unspecified atom stereocenters. The van der Waals surface area contributed by atoms with E-state index in [1.54, 1.807) is 24.3 Å². The molecule has 120 valence electrons. The molecule has 5 nitrogen and oxygen atoms in total. The highest BCUT2D eigenvalue weighted by atomic mass is 35.5. The van der Waals surface area contributed by atoms with Crippen molar-refractivity contribution in [2.75, 3.05) is 11.9 Å². The molecule has 0 fully saturated rings. The molecule has 0 saturated carbocycles. The summed E-state index contributed by atoms with van der Waals surface area (Å²) in [6.45, 7) is 0.686. The molecule has 0 saturated heterocycles. The molecule has 3 N–H and O–H groups in total. The molecule has 6 heteroatoms. The van der Waals surface area contributed by atoms with Crippen molar-refractivity contribution in [3.63, 3.8) is 0 Å². The van der Waals surface area contributed by atoms with Crippen molar-refractivity contribution in [3.8, 4) is 5.75 Å². The number of carbonyl (C=O) groups is 1. The lowest BCUT2D eigenvalue weighted by molar-refractivity contribution is -0.121. The number of anilines is 1. The van der Waals surface area contributed by atoms with Crippen molar-refractivity contribution < 1.29 is 9.90 Å². The van der Waals surface area contributed by atoms with Gasteiger partial charge in [-0.2, -0.15) is 5.10 Å². The number of hydrogen-bond donors (Lipinski definition) is 3. The summed E-state index contributed by atoms with van der Waals surface area (Å²) in [4.78, 5) is 11.6. The summed E-state index contributed by atoms with van der Waals surface area (Å²) in [6, 6.07) is 14.0. The van der Waals surface area contributed by atoms with Crippen molar-refractivity contribution in [1.82, 2.24) is 5.43 Å².